The lowest BCUT2D eigenvalue weighted by atomic mass is 9.43. The van der Waals surface area contributed by atoms with Gasteiger partial charge in [0, 0.05) is 23.8 Å². The molecule has 5 rings (SSSR count). The molecule has 5 nitrogen and oxygen atoms in total. The molecule has 5 heteroatoms. The van der Waals surface area contributed by atoms with E-state index in [1.165, 1.54) is 12.3 Å². The summed E-state index contributed by atoms with van der Waals surface area (Å²) in [6, 6.07) is 3.16. The molecule has 1 heterocycles. The summed E-state index contributed by atoms with van der Waals surface area (Å²) in [4.78, 5) is 11.4. The highest BCUT2D eigenvalue weighted by molar-refractivity contribution is 5.29. The zero-order valence-electron chi connectivity index (χ0n) is 17.5. The Kier molecular flexibility index (Phi) is 4.37. The van der Waals surface area contributed by atoms with Crippen molar-refractivity contribution >= 4 is 0 Å². The molecule has 4 aliphatic rings. The van der Waals surface area contributed by atoms with Crippen molar-refractivity contribution in [2.24, 2.45) is 28.6 Å². The van der Waals surface area contributed by atoms with Gasteiger partial charge in [0.1, 0.15) is 0 Å². The van der Waals surface area contributed by atoms with Crippen molar-refractivity contribution in [3.63, 3.8) is 0 Å². The first-order valence-electron chi connectivity index (χ1n) is 11.4. The van der Waals surface area contributed by atoms with Crippen LogP contribution in [0, 0.1) is 28.6 Å². The standard InChI is InChI=1S/C24H34O5/c1-22-9-7-16(25)11-15(22)4-5-18-17(22)8-10-23(2)21(19(26)12-24(18,23)28)14-3-6-20(27)29-13-14/h3,6,13,15-19,21,25-26,28H,4-5,7-12H2,1-2H3/t15-,16+,17+,18-,19+,21+,22+,23-,24+/m1/s1. The van der Waals surface area contributed by atoms with E-state index < -0.39 is 22.7 Å². The predicted octanol–water partition coefficient (Wildman–Crippen LogP) is 3.21. The van der Waals surface area contributed by atoms with E-state index in [4.69, 9.17) is 4.42 Å². The van der Waals surface area contributed by atoms with E-state index in [0.717, 1.165) is 50.5 Å². The Balaban J connectivity index is 1.52. The zero-order chi connectivity index (χ0) is 20.6. The first kappa shape index (κ1) is 19.8. The van der Waals surface area contributed by atoms with E-state index in [-0.39, 0.29) is 23.4 Å². The van der Waals surface area contributed by atoms with E-state index in [0.29, 0.717) is 18.3 Å². The average molecular weight is 403 g/mol. The number of hydrogen-bond donors (Lipinski definition) is 3. The number of rotatable bonds is 1. The SMILES string of the molecule is C[C@]12CC[C@H](O)C[C@H]1CC[C@@H]1[C@@H]2CC[C@]2(C)[C@@H](c3ccc(=O)oc3)[C@@H](O)C[C@]12O. The van der Waals surface area contributed by atoms with Gasteiger partial charge in [0.2, 0.25) is 0 Å². The van der Waals surface area contributed by atoms with Crippen LogP contribution in [0.5, 0.6) is 0 Å². The van der Waals surface area contributed by atoms with Crippen molar-refractivity contribution in [1.82, 2.24) is 0 Å². The van der Waals surface area contributed by atoms with Gasteiger partial charge in [-0.3, -0.25) is 0 Å². The predicted molar refractivity (Wildman–Crippen MR) is 108 cm³/mol. The summed E-state index contributed by atoms with van der Waals surface area (Å²) in [6.45, 7) is 4.52. The Morgan fingerprint density at radius 2 is 1.83 bits per heavy atom. The molecule has 160 valence electrons. The van der Waals surface area contributed by atoms with Crippen molar-refractivity contribution in [3.8, 4) is 0 Å². The van der Waals surface area contributed by atoms with Crippen molar-refractivity contribution in [3.05, 3.63) is 34.4 Å². The Morgan fingerprint density at radius 3 is 2.55 bits per heavy atom. The minimum absolute atomic E-state index is 0.168. The van der Waals surface area contributed by atoms with Gasteiger partial charge in [-0.25, -0.2) is 4.79 Å². The number of fused-ring (bicyclic) bond motifs is 5. The van der Waals surface area contributed by atoms with Crippen LogP contribution in [-0.4, -0.2) is 33.1 Å². The van der Waals surface area contributed by atoms with Gasteiger partial charge in [0.05, 0.1) is 24.1 Å². The quantitative estimate of drug-likeness (QED) is 0.671. The second-order valence-electron chi connectivity index (χ2n) is 10.9. The number of aliphatic hydroxyl groups is 3. The highest BCUT2D eigenvalue weighted by Gasteiger charge is 2.69. The molecule has 0 aromatic carbocycles. The molecule has 0 amide bonds. The molecule has 4 saturated carbocycles. The molecule has 1 aromatic rings. The van der Waals surface area contributed by atoms with Crippen LogP contribution >= 0.6 is 0 Å². The van der Waals surface area contributed by atoms with Crippen LogP contribution in [0.4, 0.5) is 0 Å². The molecule has 3 N–H and O–H groups in total. The summed E-state index contributed by atoms with van der Waals surface area (Å²) >= 11 is 0. The normalized spacial score (nSPS) is 51.8. The van der Waals surface area contributed by atoms with E-state index in [2.05, 4.69) is 13.8 Å². The number of hydrogen-bond acceptors (Lipinski definition) is 5. The smallest absolute Gasteiger partial charge is 0.335 e. The fourth-order valence-electron chi connectivity index (χ4n) is 8.38. The second kappa shape index (κ2) is 6.41. The van der Waals surface area contributed by atoms with Crippen molar-refractivity contribution < 1.29 is 19.7 Å². The molecule has 4 aliphatic carbocycles. The summed E-state index contributed by atoms with van der Waals surface area (Å²) < 4.78 is 5.11. The Morgan fingerprint density at radius 1 is 1.03 bits per heavy atom. The van der Waals surface area contributed by atoms with Gasteiger partial charge in [-0.05, 0) is 79.7 Å². The third kappa shape index (κ3) is 2.60. The fourth-order valence-corrected chi connectivity index (χ4v) is 8.38. The Labute approximate surface area is 172 Å². The third-order valence-corrected chi connectivity index (χ3v) is 9.92. The summed E-state index contributed by atoms with van der Waals surface area (Å²) in [5, 5.41) is 33.5. The van der Waals surface area contributed by atoms with Gasteiger partial charge in [-0.15, -0.1) is 0 Å². The highest BCUT2D eigenvalue weighted by Crippen LogP contribution is 2.70. The van der Waals surface area contributed by atoms with Gasteiger partial charge in [-0.2, -0.15) is 0 Å². The molecule has 0 bridgehead atoms. The van der Waals surface area contributed by atoms with Crippen molar-refractivity contribution in [2.75, 3.05) is 0 Å². The molecule has 0 aliphatic heterocycles. The molecule has 29 heavy (non-hydrogen) atoms. The van der Waals surface area contributed by atoms with Crippen LogP contribution in [0.2, 0.25) is 0 Å². The summed E-state index contributed by atoms with van der Waals surface area (Å²) in [7, 11) is 0. The summed E-state index contributed by atoms with van der Waals surface area (Å²) in [5.74, 6) is 0.919. The average Bonchev–Trinajstić information content (AvgIpc) is 2.88. The monoisotopic (exact) mass is 402 g/mol. The van der Waals surface area contributed by atoms with E-state index >= 15 is 0 Å². The molecule has 0 radical (unpaired) electrons. The summed E-state index contributed by atoms with van der Waals surface area (Å²) in [5.41, 5.74) is -0.766. The second-order valence-corrected chi connectivity index (χ2v) is 10.9. The lowest BCUT2D eigenvalue weighted by molar-refractivity contribution is -0.205. The maximum Gasteiger partial charge on any atom is 0.335 e. The topological polar surface area (TPSA) is 90.9 Å². The van der Waals surface area contributed by atoms with E-state index in [1.807, 2.05) is 0 Å². The van der Waals surface area contributed by atoms with Crippen LogP contribution < -0.4 is 5.63 Å². The van der Waals surface area contributed by atoms with Gasteiger partial charge >= 0.3 is 5.63 Å². The molecular weight excluding hydrogens is 368 g/mol. The largest absolute Gasteiger partial charge is 0.431 e. The van der Waals surface area contributed by atoms with Gasteiger partial charge in [-0.1, -0.05) is 13.8 Å². The lowest BCUT2D eigenvalue weighted by Gasteiger charge is -2.63. The lowest BCUT2D eigenvalue weighted by Crippen LogP contribution is -2.62. The van der Waals surface area contributed by atoms with Crippen LogP contribution in [0.1, 0.15) is 76.7 Å². The molecule has 0 spiro atoms. The first-order chi connectivity index (χ1) is 13.7. The van der Waals surface area contributed by atoms with Gasteiger partial charge in [0.25, 0.3) is 0 Å². The van der Waals surface area contributed by atoms with Crippen molar-refractivity contribution in [2.45, 2.75) is 88.9 Å². The Bertz CT molecular complexity index is 829. The summed E-state index contributed by atoms with van der Waals surface area (Å²) in [6.07, 6.45) is 7.75. The van der Waals surface area contributed by atoms with E-state index in [9.17, 15) is 20.1 Å². The Hall–Kier alpha value is -1.17. The number of aliphatic hydroxyl groups excluding tert-OH is 2. The highest BCUT2D eigenvalue weighted by atomic mass is 16.4. The molecule has 9 atom stereocenters. The molecule has 4 fully saturated rings. The van der Waals surface area contributed by atoms with Crippen LogP contribution in [0.15, 0.2) is 27.6 Å². The van der Waals surface area contributed by atoms with Crippen LogP contribution in [0.25, 0.3) is 0 Å². The van der Waals surface area contributed by atoms with Crippen LogP contribution in [0.3, 0.4) is 0 Å². The van der Waals surface area contributed by atoms with Crippen molar-refractivity contribution in [1.29, 1.82) is 0 Å². The van der Waals surface area contributed by atoms with Crippen LogP contribution in [-0.2, 0) is 0 Å². The fraction of sp³-hybridized carbons (Fsp3) is 0.792. The van der Waals surface area contributed by atoms with Gasteiger partial charge < -0.3 is 19.7 Å². The maximum absolute atomic E-state index is 12.2. The zero-order valence-corrected chi connectivity index (χ0v) is 17.5. The minimum atomic E-state index is -0.916. The van der Waals surface area contributed by atoms with Gasteiger partial charge in [0.15, 0.2) is 0 Å². The minimum Gasteiger partial charge on any atom is -0.431 e. The molecule has 0 unspecified atom stereocenters. The third-order valence-electron chi connectivity index (χ3n) is 9.92. The maximum atomic E-state index is 12.2. The molecule has 0 saturated heterocycles. The van der Waals surface area contributed by atoms with E-state index in [1.54, 1.807) is 6.07 Å². The molecular formula is C24H34O5. The molecule has 1 aromatic heterocycles. The first-order valence-corrected chi connectivity index (χ1v) is 11.4.